The van der Waals surface area contributed by atoms with Gasteiger partial charge in [-0.15, -0.1) is 0 Å². The van der Waals surface area contributed by atoms with Crippen molar-refractivity contribution in [2.24, 2.45) is 0 Å². The van der Waals surface area contributed by atoms with Crippen LogP contribution in [0.15, 0.2) is 42.6 Å². The standard InChI is InChI=1S/C12H15NO/c1-10(14)8-9-13-11(2)12-6-4-3-5-7-12/h3-9,11,13H,1-2H3/b9-8+. The number of rotatable bonds is 4. The van der Waals surface area contributed by atoms with Gasteiger partial charge in [0.25, 0.3) is 0 Å². The summed E-state index contributed by atoms with van der Waals surface area (Å²) in [6.45, 7) is 3.59. The third-order valence-electron chi connectivity index (χ3n) is 1.96. The number of hydrogen-bond donors (Lipinski definition) is 1. The van der Waals surface area contributed by atoms with Crippen LogP contribution in [0.2, 0.25) is 0 Å². The maximum atomic E-state index is 10.6. The van der Waals surface area contributed by atoms with E-state index in [-0.39, 0.29) is 11.8 Å². The zero-order valence-corrected chi connectivity index (χ0v) is 8.53. The third-order valence-corrected chi connectivity index (χ3v) is 1.96. The molecular formula is C12H15NO. The summed E-state index contributed by atoms with van der Waals surface area (Å²) in [5.74, 6) is 0.0535. The Bertz CT molecular complexity index is 316. The molecule has 1 unspecified atom stereocenters. The van der Waals surface area contributed by atoms with Gasteiger partial charge in [0.05, 0.1) is 0 Å². The molecule has 1 aromatic rings. The molecule has 14 heavy (non-hydrogen) atoms. The van der Waals surface area contributed by atoms with E-state index >= 15 is 0 Å². The first-order chi connectivity index (χ1) is 6.70. The van der Waals surface area contributed by atoms with Crippen LogP contribution in [0.1, 0.15) is 25.5 Å². The molecular weight excluding hydrogens is 174 g/mol. The zero-order chi connectivity index (χ0) is 10.4. The van der Waals surface area contributed by atoms with Crippen LogP contribution in [0, 0.1) is 0 Å². The highest BCUT2D eigenvalue weighted by atomic mass is 16.1. The monoisotopic (exact) mass is 189 g/mol. The van der Waals surface area contributed by atoms with E-state index in [1.54, 1.807) is 6.20 Å². The normalized spacial score (nSPS) is 12.7. The Kier molecular flexibility index (Phi) is 3.92. The van der Waals surface area contributed by atoms with E-state index in [0.29, 0.717) is 0 Å². The van der Waals surface area contributed by atoms with Crippen LogP contribution in [-0.4, -0.2) is 5.78 Å². The summed E-state index contributed by atoms with van der Waals surface area (Å²) < 4.78 is 0. The van der Waals surface area contributed by atoms with E-state index in [1.807, 2.05) is 18.2 Å². The van der Waals surface area contributed by atoms with E-state index in [9.17, 15) is 4.79 Å². The minimum atomic E-state index is 0.0535. The van der Waals surface area contributed by atoms with E-state index in [1.165, 1.54) is 18.6 Å². The van der Waals surface area contributed by atoms with Crippen molar-refractivity contribution in [1.82, 2.24) is 5.32 Å². The first-order valence-electron chi connectivity index (χ1n) is 4.68. The Morgan fingerprint density at radius 2 is 2.00 bits per heavy atom. The van der Waals surface area contributed by atoms with Crippen LogP contribution >= 0.6 is 0 Å². The molecule has 0 aliphatic rings. The van der Waals surface area contributed by atoms with Crippen LogP contribution in [0.4, 0.5) is 0 Å². The Morgan fingerprint density at radius 3 is 2.57 bits per heavy atom. The van der Waals surface area contributed by atoms with Crippen molar-refractivity contribution >= 4 is 5.78 Å². The lowest BCUT2D eigenvalue weighted by Gasteiger charge is -2.11. The van der Waals surface area contributed by atoms with Crippen LogP contribution < -0.4 is 5.32 Å². The van der Waals surface area contributed by atoms with Crippen molar-refractivity contribution in [3.8, 4) is 0 Å². The molecule has 0 fully saturated rings. The quantitative estimate of drug-likeness (QED) is 0.737. The molecule has 0 aromatic heterocycles. The molecule has 0 heterocycles. The van der Waals surface area contributed by atoms with Crippen molar-refractivity contribution in [3.05, 3.63) is 48.2 Å². The number of carbonyl (C=O) groups excluding carboxylic acids is 1. The molecule has 1 N–H and O–H groups in total. The predicted octanol–water partition coefficient (Wildman–Crippen LogP) is 2.44. The molecule has 0 aliphatic carbocycles. The Hall–Kier alpha value is -1.57. The zero-order valence-electron chi connectivity index (χ0n) is 8.53. The molecule has 2 nitrogen and oxygen atoms in total. The van der Waals surface area contributed by atoms with Crippen LogP contribution in [0.5, 0.6) is 0 Å². The summed E-state index contributed by atoms with van der Waals surface area (Å²) in [7, 11) is 0. The average Bonchev–Trinajstić information content (AvgIpc) is 2.18. The van der Waals surface area contributed by atoms with Gasteiger partial charge < -0.3 is 5.32 Å². The van der Waals surface area contributed by atoms with Gasteiger partial charge in [0, 0.05) is 12.2 Å². The second kappa shape index (κ2) is 5.22. The van der Waals surface area contributed by atoms with Crippen molar-refractivity contribution in [1.29, 1.82) is 0 Å². The molecule has 2 heteroatoms. The van der Waals surface area contributed by atoms with Crippen molar-refractivity contribution in [2.45, 2.75) is 19.9 Å². The summed E-state index contributed by atoms with van der Waals surface area (Å²) in [6.07, 6.45) is 3.22. The molecule has 0 spiro atoms. The molecule has 1 aromatic carbocycles. The van der Waals surface area contributed by atoms with Crippen LogP contribution in [0.25, 0.3) is 0 Å². The molecule has 0 saturated heterocycles. The second-order valence-electron chi connectivity index (χ2n) is 3.24. The number of hydrogen-bond acceptors (Lipinski definition) is 2. The fraction of sp³-hybridized carbons (Fsp3) is 0.250. The van der Waals surface area contributed by atoms with E-state index < -0.39 is 0 Å². The Morgan fingerprint density at radius 1 is 1.36 bits per heavy atom. The molecule has 74 valence electrons. The largest absolute Gasteiger partial charge is 0.384 e. The van der Waals surface area contributed by atoms with Crippen molar-refractivity contribution in [3.63, 3.8) is 0 Å². The van der Waals surface area contributed by atoms with Gasteiger partial charge >= 0.3 is 0 Å². The Labute approximate surface area is 84.6 Å². The number of allylic oxidation sites excluding steroid dienone is 1. The molecule has 0 aliphatic heterocycles. The first-order valence-corrected chi connectivity index (χ1v) is 4.68. The van der Waals surface area contributed by atoms with Gasteiger partial charge in [-0.05, 0) is 25.5 Å². The molecule has 0 saturated carbocycles. The highest BCUT2D eigenvalue weighted by Crippen LogP contribution is 2.10. The van der Waals surface area contributed by atoms with Crippen LogP contribution in [0.3, 0.4) is 0 Å². The van der Waals surface area contributed by atoms with Gasteiger partial charge in [-0.2, -0.15) is 0 Å². The molecule has 0 radical (unpaired) electrons. The molecule has 0 bridgehead atoms. The van der Waals surface area contributed by atoms with Crippen molar-refractivity contribution in [2.75, 3.05) is 0 Å². The maximum absolute atomic E-state index is 10.6. The average molecular weight is 189 g/mol. The van der Waals surface area contributed by atoms with Gasteiger partial charge in [0.1, 0.15) is 0 Å². The Balaban J connectivity index is 2.51. The van der Waals surface area contributed by atoms with Gasteiger partial charge in [0.15, 0.2) is 5.78 Å². The lowest BCUT2D eigenvalue weighted by molar-refractivity contribution is -0.112. The summed E-state index contributed by atoms with van der Waals surface area (Å²) in [5.41, 5.74) is 1.21. The molecule has 1 atom stereocenters. The number of ketones is 1. The fourth-order valence-electron chi connectivity index (χ4n) is 1.15. The number of nitrogens with one attached hydrogen (secondary N) is 1. The highest BCUT2D eigenvalue weighted by Gasteiger charge is 1.99. The summed E-state index contributed by atoms with van der Waals surface area (Å²) >= 11 is 0. The maximum Gasteiger partial charge on any atom is 0.154 e. The fourth-order valence-corrected chi connectivity index (χ4v) is 1.15. The minimum absolute atomic E-state index is 0.0535. The van der Waals surface area contributed by atoms with Gasteiger partial charge in [-0.3, -0.25) is 4.79 Å². The van der Waals surface area contributed by atoms with Crippen molar-refractivity contribution < 1.29 is 4.79 Å². The second-order valence-corrected chi connectivity index (χ2v) is 3.24. The smallest absolute Gasteiger partial charge is 0.154 e. The molecule has 0 amide bonds. The van der Waals surface area contributed by atoms with E-state index in [4.69, 9.17) is 0 Å². The third kappa shape index (κ3) is 3.44. The lowest BCUT2D eigenvalue weighted by Crippen LogP contribution is -2.11. The van der Waals surface area contributed by atoms with E-state index in [0.717, 1.165) is 0 Å². The van der Waals surface area contributed by atoms with E-state index in [2.05, 4.69) is 24.4 Å². The SMILES string of the molecule is CC(=O)/C=C/NC(C)c1ccccc1. The number of benzene rings is 1. The summed E-state index contributed by atoms with van der Waals surface area (Å²) in [6, 6.07) is 10.3. The summed E-state index contributed by atoms with van der Waals surface area (Å²) in [5, 5.41) is 3.13. The first kappa shape index (κ1) is 10.5. The van der Waals surface area contributed by atoms with Gasteiger partial charge in [0.2, 0.25) is 0 Å². The van der Waals surface area contributed by atoms with Gasteiger partial charge in [-0.1, -0.05) is 30.3 Å². The van der Waals surface area contributed by atoms with Gasteiger partial charge in [-0.25, -0.2) is 0 Å². The van der Waals surface area contributed by atoms with Crippen LogP contribution in [-0.2, 0) is 4.79 Å². The minimum Gasteiger partial charge on any atom is -0.384 e. The number of carbonyl (C=O) groups is 1. The molecule has 1 rings (SSSR count). The lowest BCUT2D eigenvalue weighted by atomic mass is 10.1. The highest BCUT2D eigenvalue weighted by molar-refractivity contribution is 5.87. The summed E-state index contributed by atoms with van der Waals surface area (Å²) in [4.78, 5) is 10.6. The topological polar surface area (TPSA) is 29.1 Å². The predicted molar refractivity (Wildman–Crippen MR) is 57.8 cm³/mol.